The molecule has 5 nitrogen and oxygen atoms in total. The second-order valence-corrected chi connectivity index (χ2v) is 6.28. The average Bonchev–Trinajstić information content (AvgIpc) is 2.46. The second kappa shape index (κ2) is 4.80. The molecule has 1 spiro atoms. The third kappa shape index (κ3) is 1.81. The van der Waals surface area contributed by atoms with Crippen molar-refractivity contribution >= 4 is 11.4 Å². The predicted molar refractivity (Wildman–Crippen MR) is 83.7 cm³/mol. The zero-order valence-corrected chi connectivity index (χ0v) is 12.2. The Kier molecular flexibility index (Phi) is 2.89. The van der Waals surface area contributed by atoms with Crippen molar-refractivity contribution < 1.29 is 4.92 Å². The monoisotopic (exact) mass is 295 g/mol. The molecule has 0 bridgehead atoms. The van der Waals surface area contributed by atoms with Crippen molar-refractivity contribution in [1.29, 1.82) is 0 Å². The van der Waals surface area contributed by atoms with Crippen molar-refractivity contribution in [3.8, 4) is 0 Å². The van der Waals surface area contributed by atoms with Gasteiger partial charge in [-0.2, -0.15) is 0 Å². The van der Waals surface area contributed by atoms with Crippen molar-refractivity contribution in [2.45, 2.75) is 25.3 Å². The zero-order chi connectivity index (χ0) is 15.2. The highest BCUT2D eigenvalue weighted by molar-refractivity contribution is 5.66. The number of hydrogen-bond acceptors (Lipinski definition) is 4. The Morgan fingerprint density at radius 2 is 2.05 bits per heavy atom. The standard InChI is InChI=1S/C17H17N3O2/c21-20(22)15-7-2-1-6-14(15)19-12-17(8-4-9-17)16(19)13-5-3-10-18-11-13/h1-3,5-7,10-11,16H,4,8-9,12H2. The molecule has 2 heterocycles. The van der Waals surface area contributed by atoms with E-state index in [4.69, 9.17) is 0 Å². The van der Waals surface area contributed by atoms with Gasteiger partial charge in [0.25, 0.3) is 5.69 Å². The maximum absolute atomic E-state index is 11.3. The normalized spacial score (nSPS) is 22.0. The molecule has 1 aliphatic heterocycles. The molecule has 2 aliphatic rings. The molecule has 22 heavy (non-hydrogen) atoms. The first-order valence-electron chi connectivity index (χ1n) is 7.61. The van der Waals surface area contributed by atoms with Gasteiger partial charge in [-0.15, -0.1) is 0 Å². The minimum absolute atomic E-state index is 0.186. The number of nitro benzene ring substituents is 1. The molecule has 112 valence electrons. The van der Waals surface area contributed by atoms with E-state index in [1.165, 1.54) is 19.3 Å². The number of aromatic nitrogens is 1. The van der Waals surface area contributed by atoms with E-state index in [2.05, 4.69) is 16.0 Å². The molecule has 1 saturated heterocycles. The first-order valence-corrected chi connectivity index (χ1v) is 7.61. The summed E-state index contributed by atoms with van der Waals surface area (Å²) in [5, 5.41) is 11.3. The molecular formula is C17H17N3O2. The van der Waals surface area contributed by atoms with Gasteiger partial charge in [-0.3, -0.25) is 15.1 Å². The highest BCUT2D eigenvalue weighted by Gasteiger charge is 2.57. The quantitative estimate of drug-likeness (QED) is 0.639. The summed E-state index contributed by atoms with van der Waals surface area (Å²) in [5.41, 5.74) is 2.35. The topological polar surface area (TPSA) is 59.3 Å². The Bertz CT molecular complexity index is 713. The third-order valence-corrected chi connectivity index (χ3v) is 5.11. The number of para-hydroxylation sites is 2. The first kappa shape index (κ1) is 13.2. The van der Waals surface area contributed by atoms with Crippen LogP contribution in [0.5, 0.6) is 0 Å². The fourth-order valence-electron chi connectivity index (χ4n) is 3.95. The molecule has 1 atom stereocenters. The average molecular weight is 295 g/mol. The molecule has 2 aromatic rings. The van der Waals surface area contributed by atoms with E-state index >= 15 is 0 Å². The fourth-order valence-corrected chi connectivity index (χ4v) is 3.95. The molecule has 1 saturated carbocycles. The van der Waals surface area contributed by atoms with Crippen LogP contribution in [0.25, 0.3) is 0 Å². The maximum atomic E-state index is 11.3. The van der Waals surface area contributed by atoms with Gasteiger partial charge in [0, 0.05) is 30.4 Å². The second-order valence-electron chi connectivity index (χ2n) is 6.28. The minimum Gasteiger partial charge on any atom is -0.358 e. The molecule has 0 N–H and O–H groups in total. The molecule has 1 unspecified atom stereocenters. The van der Waals surface area contributed by atoms with Crippen LogP contribution in [0.2, 0.25) is 0 Å². The van der Waals surface area contributed by atoms with Crippen LogP contribution in [0.3, 0.4) is 0 Å². The number of hydrogen-bond donors (Lipinski definition) is 0. The van der Waals surface area contributed by atoms with Crippen molar-refractivity contribution in [2.24, 2.45) is 5.41 Å². The number of benzene rings is 1. The van der Waals surface area contributed by atoms with Crippen molar-refractivity contribution in [3.05, 3.63) is 64.5 Å². The van der Waals surface area contributed by atoms with E-state index in [1.54, 1.807) is 18.3 Å². The maximum Gasteiger partial charge on any atom is 0.292 e. The van der Waals surface area contributed by atoms with Crippen LogP contribution in [0.1, 0.15) is 30.9 Å². The summed E-state index contributed by atoms with van der Waals surface area (Å²) < 4.78 is 0. The van der Waals surface area contributed by atoms with E-state index in [9.17, 15) is 10.1 Å². The van der Waals surface area contributed by atoms with E-state index in [0.717, 1.165) is 17.8 Å². The summed E-state index contributed by atoms with van der Waals surface area (Å²) in [6.45, 7) is 0.900. The van der Waals surface area contributed by atoms with E-state index in [0.29, 0.717) is 0 Å². The summed E-state index contributed by atoms with van der Waals surface area (Å²) >= 11 is 0. The Balaban J connectivity index is 1.75. The van der Waals surface area contributed by atoms with Crippen LogP contribution in [0.4, 0.5) is 11.4 Å². The van der Waals surface area contributed by atoms with E-state index in [1.807, 2.05) is 24.4 Å². The predicted octanol–water partition coefficient (Wildman–Crippen LogP) is 3.72. The highest BCUT2D eigenvalue weighted by atomic mass is 16.6. The van der Waals surface area contributed by atoms with Crippen LogP contribution in [0, 0.1) is 15.5 Å². The van der Waals surface area contributed by atoms with Gasteiger partial charge in [-0.1, -0.05) is 24.6 Å². The number of nitro groups is 1. The largest absolute Gasteiger partial charge is 0.358 e. The van der Waals surface area contributed by atoms with Crippen LogP contribution >= 0.6 is 0 Å². The van der Waals surface area contributed by atoms with E-state index < -0.39 is 0 Å². The first-order chi connectivity index (χ1) is 10.7. The minimum atomic E-state index is -0.290. The molecule has 1 aromatic carbocycles. The van der Waals surface area contributed by atoms with Gasteiger partial charge in [-0.05, 0) is 30.5 Å². The molecule has 2 fully saturated rings. The number of anilines is 1. The lowest BCUT2D eigenvalue weighted by molar-refractivity contribution is -0.384. The van der Waals surface area contributed by atoms with Gasteiger partial charge >= 0.3 is 0 Å². The molecule has 0 amide bonds. The fraction of sp³-hybridized carbons (Fsp3) is 0.353. The molecule has 4 rings (SSSR count). The van der Waals surface area contributed by atoms with Crippen molar-refractivity contribution in [3.63, 3.8) is 0 Å². The van der Waals surface area contributed by atoms with Crippen LogP contribution in [0.15, 0.2) is 48.8 Å². The number of nitrogens with zero attached hydrogens (tertiary/aromatic N) is 3. The molecule has 1 aliphatic carbocycles. The summed E-state index contributed by atoms with van der Waals surface area (Å²) in [4.78, 5) is 17.4. The Labute approximate surface area is 128 Å². The Morgan fingerprint density at radius 3 is 2.68 bits per heavy atom. The summed E-state index contributed by atoms with van der Waals surface area (Å²) in [5.74, 6) is 0. The lowest BCUT2D eigenvalue weighted by atomic mass is 9.56. The highest BCUT2D eigenvalue weighted by Crippen LogP contribution is 2.62. The van der Waals surface area contributed by atoms with Crippen LogP contribution < -0.4 is 4.90 Å². The van der Waals surface area contributed by atoms with Gasteiger partial charge in [0.1, 0.15) is 5.69 Å². The van der Waals surface area contributed by atoms with Gasteiger partial charge in [0.05, 0.1) is 11.0 Å². The summed E-state index contributed by atoms with van der Waals surface area (Å²) in [6.07, 6.45) is 7.31. The van der Waals surface area contributed by atoms with Crippen LogP contribution in [-0.4, -0.2) is 16.5 Å². The van der Waals surface area contributed by atoms with E-state index in [-0.39, 0.29) is 22.1 Å². The Morgan fingerprint density at radius 1 is 1.23 bits per heavy atom. The lowest BCUT2D eigenvalue weighted by Crippen LogP contribution is -2.62. The van der Waals surface area contributed by atoms with Crippen molar-refractivity contribution in [2.75, 3.05) is 11.4 Å². The van der Waals surface area contributed by atoms with Crippen molar-refractivity contribution in [1.82, 2.24) is 4.98 Å². The smallest absolute Gasteiger partial charge is 0.292 e. The molecule has 1 aromatic heterocycles. The summed E-state index contributed by atoms with van der Waals surface area (Å²) in [6, 6.07) is 11.3. The lowest BCUT2D eigenvalue weighted by Gasteiger charge is -2.63. The zero-order valence-electron chi connectivity index (χ0n) is 12.2. The number of pyridine rings is 1. The van der Waals surface area contributed by atoms with Crippen LogP contribution in [-0.2, 0) is 0 Å². The van der Waals surface area contributed by atoms with Gasteiger partial charge in [0.15, 0.2) is 0 Å². The molecule has 0 radical (unpaired) electrons. The SMILES string of the molecule is O=[N+]([O-])c1ccccc1N1CC2(CCC2)C1c1cccnc1. The molecule has 5 heteroatoms. The van der Waals surface area contributed by atoms with Gasteiger partial charge in [-0.25, -0.2) is 0 Å². The number of rotatable bonds is 3. The third-order valence-electron chi connectivity index (χ3n) is 5.11. The molecular weight excluding hydrogens is 278 g/mol. The van der Waals surface area contributed by atoms with Gasteiger partial charge < -0.3 is 4.90 Å². The Hall–Kier alpha value is -2.43. The van der Waals surface area contributed by atoms with Gasteiger partial charge in [0.2, 0.25) is 0 Å². The summed E-state index contributed by atoms with van der Waals surface area (Å²) in [7, 11) is 0.